The van der Waals surface area contributed by atoms with Crippen LogP contribution in [0.2, 0.25) is 0 Å². The Morgan fingerprint density at radius 3 is 2.88 bits per heavy atom. The van der Waals surface area contributed by atoms with Crippen LogP contribution in [0, 0.1) is 11.3 Å². The highest BCUT2D eigenvalue weighted by Gasteiger charge is 2.30. The van der Waals surface area contributed by atoms with Crippen LogP contribution in [0.1, 0.15) is 23.7 Å². The lowest BCUT2D eigenvalue weighted by atomic mass is 10.1. The van der Waals surface area contributed by atoms with Crippen molar-refractivity contribution in [1.29, 1.82) is 5.26 Å². The Morgan fingerprint density at radius 2 is 2.03 bits per heavy atom. The van der Waals surface area contributed by atoms with E-state index in [2.05, 4.69) is 55.1 Å². The third kappa shape index (κ3) is 4.12. The molecule has 0 unspecified atom stereocenters. The van der Waals surface area contributed by atoms with Gasteiger partial charge in [-0.15, -0.1) is 11.3 Å². The molecule has 0 saturated carbocycles. The highest BCUT2D eigenvalue weighted by atomic mass is 32.1. The van der Waals surface area contributed by atoms with Crippen LogP contribution in [0.4, 0.5) is 11.4 Å². The number of fused-ring (bicyclic) bond motifs is 2. The van der Waals surface area contributed by atoms with Crippen molar-refractivity contribution in [3.05, 3.63) is 46.7 Å². The normalized spacial score (nSPS) is 23.3. The van der Waals surface area contributed by atoms with Crippen molar-refractivity contribution in [2.45, 2.75) is 32.2 Å². The smallest absolute Gasteiger partial charge is 0.101 e. The summed E-state index contributed by atoms with van der Waals surface area (Å²) < 4.78 is 7.46. The maximum atomic E-state index is 9.42. The van der Waals surface area contributed by atoms with Crippen LogP contribution in [-0.4, -0.2) is 72.9 Å². The number of nitrogens with zero attached hydrogens (tertiary/aromatic N) is 6. The number of pyridine rings is 1. The maximum absolute atomic E-state index is 9.42. The lowest BCUT2D eigenvalue weighted by Gasteiger charge is -2.42. The third-order valence-corrected chi connectivity index (χ3v) is 7.95. The Labute approximate surface area is 203 Å². The van der Waals surface area contributed by atoms with Gasteiger partial charge >= 0.3 is 0 Å². The van der Waals surface area contributed by atoms with Gasteiger partial charge in [0, 0.05) is 58.9 Å². The van der Waals surface area contributed by atoms with Gasteiger partial charge in [-0.05, 0) is 30.7 Å². The number of rotatable bonds is 4. The van der Waals surface area contributed by atoms with E-state index in [1.54, 1.807) is 11.3 Å². The molecule has 6 rings (SSSR count). The molecule has 8 nitrogen and oxygen atoms in total. The fraction of sp³-hybridized carbons (Fsp3) is 0.480. The number of ether oxygens (including phenoxy) is 1. The molecule has 2 fully saturated rings. The molecule has 2 aromatic heterocycles. The average Bonchev–Trinajstić information content (AvgIpc) is 3.53. The summed E-state index contributed by atoms with van der Waals surface area (Å²) in [6.45, 7) is 10.7. The minimum atomic E-state index is 0.154. The molecule has 1 aromatic carbocycles. The average molecular weight is 476 g/mol. The van der Waals surface area contributed by atoms with Gasteiger partial charge in [-0.2, -0.15) is 5.26 Å². The second-order valence-electron chi connectivity index (χ2n) is 9.44. The van der Waals surface area contributed by atoms with Gasteiger partial charge in [0.1, 0.15) is 11.6 Å². The molecule has 3 aliphatic heterocycles. The van der Waals surface area contributed by atoms with Crippen LogP contribution in [-0.2, 0) is 17.8 Å². The molecule has 5 heterocycles. The zero-order valence-electron chi connectivity index (χ0n) is 19.4. The summed E-state index contributed by atoms with van der Waals surface area (Å²) in [6.07, 6.45) is 2.34. The zero-order chi connectivity index (χ0) is 23.1. The lowest BCUT2D eigenvalue weighted by molar-refractivity contribution is -0.0327. The molecule has 1 N–H and O–H groups in total. The van der Waals surface area contributed by atoms with Gasteiger partial charge in [0.25, 0.3) is 0 Å². The molecule has 3 aromatic rings. The number of nitrogens with one attached hydrogen (secondary N) is 1. The Morgan fingerprint density at radius 1 is 1.15 bits per heavy atom. The van der Waals surface area contributed by atoms with Crippen LogP contribution in [0.3, 0.4) is 0 Å². The van der Waals surface area contributed by atoms with E-state index in [1.165, 1.54) is 22.6 Å². The van der Waals surface area contributed by atoms with Crippen molar-refractivity contribution in [2.75, 3.05) is 55.6 Å². The number of aromatic nitrogens is 2. The minimum absolute atomic E-state index is 0.154. The van der Waals surface area contributed by atoms with E-state index in [0.717, 1.165) is 69.1 Å². The van der Waals surface area contributed by atoms with Gasteiger partial charge in [0.2, 0.25) is 0 Å². The number of thiazole rings is 1. The quantitative estimate of drug-likeness (QED) is 0.617. The minimum Gasteiger partial charge on any atom is -0.370 e. The fourth-order valence-electron chi connectivity index (χ4n) is 5.42. The molecule has 34 heavy (non-hydrogen) atoms. The van der Waals surface area contributed by atoms with Gasteiger partial charge in [-0.1, -0.05) is 0 Å². The molecule has 0 bridgehead atoms. The first-order valence-corrected chi connectivity index (χ1v) is 12.9. The van der Waals surface area contributed by atoms with E-state index in [-0.39, 0.29) is 12.2 Å². The molecule has 2 saturated heterocycles. The second-order valence-corrected chi connectivity index (χ2v) is 10.3. The zero-order valence-corrected chi connectivity index (χ0v) is 20.2. The van der Waals surface area contributed by atoms with E-state index in [1.807, 2.05) is 17.8 Å². The molecule has 176 valence electrons. The summed E-state index contributed by atoms with van der Waals surface area (Å²) >= 11 is 1.61. The standard InChI is InChI=1S/C25H29N7OS/c1-17-13-32(23-3-2-18(9-26)24-25(23)34-16-29-24)15-21(33-17)14-30-4-6-31(7-5-30)20-8-19-10-27-12-22(19)28-11-20/h2-3,8,11,16-17,21,27H,4-7,10,12-15H2,1H3/t17-,21+/m1/s1. The van der Waals surface area contributed by atoms with Gasteiger partial charge in [-0.25, -0.2) is 4.98 Å². The second kappa shape index (κ2) is 9.12. The van der Waals surface area contributed by atoms with Crippen molar-refractivity contribution in [1.82, 2.24) is 20.2 Å². The number of piperazine rings is 1. The topological polar surface area (TPSA) is 80.6 Å². The first-order chi connectivity index (χ1) is 16.7. The van der Waals surface area contributed by atoms with Crippen molar-refractivity contribution in [3.8, 4) is 6.07 Å². The van der Waals surface area contributed by atoms with E-state index in [0.29, 0.717) is 5.56 Å². The van der Waals surface area contributed by atoms with E-state index in [4.69, 9.17) is 4.74 Å². The monoisotopic (exact) mass is 475 g/mol. The van der Waals surface area contributed by atoms with Gasteiger partial charge in [0.15, 0.2) is 0 Å². The Hall–Kier alpha value is -2.77. The number of nitriles is 1. The van der Waals surface area contributed by atoms with Gasteiger partial charge < -0.3 is 19.9 Å². The molecule has 3 aliphatic rings. The summed E-state index contributed by atoms with van der Waals surface area (Å²) in [5, 5.41) is 12.8. The Bertz CT molecular complexity index is 1230. The summed E-state index contributed by atoms with van der Waals surface area (Å²) in [5.41, 5.74) is 8.23. The van der Waals surface area contributed by atoms with E-state index < -0.39 is 0 Å². The van der Waals surface area contributed by atoms with E-state index in [9.17, 15) is 5.26 Å². The third-order valence-electron chi connectivity index (χ3n) is 7.10. The summed E-state index contributed by atoms with van der Waals surface area (Å²) in [7, 11) is 0. The van der Waals surface area contributed by atoms with Crippen molar-refractivity contribution in [3.63, 3.8) is 0 Å². The molecular formula is C25H29N7OS. The predicted molar refractivity (Wildman–Crippen MR) is 134 cm³/mol. The number of hydrogen-bond acceptors (Lipinski definition) is 9. The number of morpholine rings is 1. The number of hydrogen-bond donors (Lipinski definition) is 1. The molecule has 2 atom stereocenters. The van der Waals surface area contributed by atoms with Crippen LogP contribution >= 0.6 is 11.3 Å². The first kappa shape index (κ1) is 21.7. The summed E-state index contributed by atoms with van der Waals surface area (Å²) in [5.74, 6) is 0. The fourth-order valence-corrected chi connectivity index (χ4v) is 6.28. The van der Waals surface area contributed by atoms with Gasteiger partial charge in [0.05, 0.1) is 51.2 Å². The van der Waals surface area contributed by atoms with Crippen LogP contribution < -0.4 is 15.1 Å². The molecule has 0 aliphatic carbocycles. The van der Waals surface area contributed by atoms with Crippen LogP contribution in [0.5, 0.6) is 0 Å². The first-order valence-electron chi connectivity index (χ1n) is 12.0. The molecule has 0 spiro atoms. The number of anilines is 2. The van der Waals surface area contributed by atoms with Crippen LogP contribution in [0.25, 0.3) is 10.2 Å². The SMILES string of the molecule is C[C@@H]1CN(c2ccc(C#N)c3ncsc23)C[C@H](CN2CCN(c3cnc4c(c3)CNC4)CC2)O1. The lowest BCUT2D eigenvalue weighted by Crippen LogP contribution is -2.54. The van der Waals surface area contributed by atoms with Crippen molar-refractivity contribution >= 4 is 32.9 Å². The summed E-state index contributed by atoms with van der Waals surface area (Å²) in [4.78, 5) is 16.5. The molecule has 9 heteroatoms. The van der Waals surface area contributed by atoms with E-state index >= 15 is 0 Å². The molecule has 0 radical (unpaired) electrons. The summed E-state index contributed by atoms with van der Waals surface area (Å²) in [6, 6.07) is 8.55. The maximum Gasteiger partial charge on any atom is 0.101 e. The highest BCUT2D eigenvalue weighted by Crippen LogP contribution is 2.33. The number of benzene rings is 1. The van der Waals surface area contributed by atoms with Crippen molar-refractivity contribution in [2.24, 2.45) is 0 Å². The van der Waals surface area contributed by atoms with Gasteiger partial charge in [-0.3, -0.25) is 9.88 Å². The highest BCUT2D eigenvalue weighted by molar-refractivity contribution is 7.17. The van der Waals surface area contributed by atoms with Crippen molar-refractivity contribution < 1.29 is 4.74 Å². The largest absolute Gasteiger partial charge is 0.370 e. The molecule has 0 amide bonds. The molecular weight excluding hydrogens is 446 g/mol. The Balaban J connectivity index is 1.10. The van der Waals surface area contributed by atoms with Crippen LogP contribution in [0.15, 0.2) is 29.9 Å². The predicted octanol–water partition coefficient (Wildman–Crippen LogP) is 2.58. The Kier molecular flexibility index (Phi) is 5.83.